The van der Waals surface area contributed by atoms with E-state index in [9.17, 15) is 0 Å². The van der Waals surface area contributed by atoms with Gasteiger partial charge in [0.2, 0.25) is 0 Å². The fraction of sp³-hybridized carbons (Fsp3) is 0.750. The van der Waals surface area contributed by atoms with Crippen LogP contribution in [0.5, 0.6) is 0 Å². The highest BCUT2D eigenvalue weighted by atomic mass is 16.5. The van der Waals surface area contributed by atoms with Crippen molar-refractivity contribution in [2.45, 2.75) is 45.4 Å². The van der Waals surface area contributed by atoms with E-state index in [-0.39, 0.29) is 0 Å². The highest BCUT2D eigenvalue weighted by Crippen LogP contribution is 2.47. The van der Waals surface area contributed by atoms with Gasteiger partial charge in [-0.25, -0.2) is 4.99 Å². The Morgan fingerprint density at radius 2 is 2.14 bits per heavy atom. The summed E-state index contributed by atoms with van der Waals surface area (Å²) in [6, 6.07) is 0. The third kappa shape index (κ3) is 2.29. The van der Waals surface area contributed by atoms with E-state index in [1.54, 1.807) is 0 Å². The number of aliphatic imine (C=N–C) groups is 1. The van der Waals surface area contributed by atoms with Crippen LogP contribution in [0.3, 0.4) is 0 Å². The van der Waals surface area contributed by atoms with Crippen molar-refractivity contribution < 1.29 is 4.74 Å². The lowest BCUT2D eigenvalue weighted by Crippen LogP contribution is -2.41. The van der Waals surface area contributed by atoms with Crippen LogP contribution in [0, 0.1) is 18.8 Å². The number of rotatable bonds is 3. The molecule has 0 aliphatic carbocycles. The smallest absolute Gasteiger partial charge is 0.194 e. The summed E-state index contributed by atoms with van der Waals surface area (Å²) in [5.74, 6) is 2.45. The highest BCUT2D eigenvalue weighted by Gasteiger charge is 2.53. The van der Waals surface area contributed by atoms with Gasteiger partial charge in [0.05, 0.1) is 24.9 Å². The molecule has 1 aromatic heterocycles. The molecule has 4 atom stereocenters. The molecule has 0 amide bonds. The number of nitrogens with zero attached hydrogens (tertiary/aromatic N) is 3. The largest absolute Gasteiger partial charge is 0.374 e. The quantitative estimate of drug-likeness (QED) is 0.652. The molecule has 120 valence electrons. The molecule has 4 rings (SSSR count). The number of fused-ring (bicyclic) bond motifs is 5. The van der Waals surface area contributed by atoms with Crippen molar-refractivity contribution in [2.75, 3.05) is 19.6 Å². The lowest BCUT2D eigenvalue weighted by molar-refractivity contribution is 0.0767. The zero-order valence-corrected chi connectivity index (χ0v) is 13.4. The topological polar surface area (TPSA) is 65.5 Å². The number of aromatic amines is 1. The second-order valence-electron chi connectivity index (χ2n) is 6.71. The Bertz CT molecular complexity index is 551. The van der Waals surface area contributed by atoms with Gasteiger partial charge in [0.15, 0.2) is 5.96 Å². The first-order chi connectivity index (χ1) is 10.8. The Labute approximate surface area is 131 Å². The summed E-state index contributed by atoms with van der Waals surface area (Å²) in [4.78, 5) is 7.26. The highest BCUT2D eigenvalue weighted by molar-refractivity contribution is 5.80. The Kier molecular flexibility index (Phi) is 3.56. The van der Waals surface area contributed by atoms with E-state index in [1.165, 1.54) is 12.8 Å². The van der Waals surface area contributed by atoms with Crippen molar-refractivity contribution in [3.05, 3.63) is 17.5 Å². The van der Waals surface area contributed by atoms with E-state index in [0.29, 0.717) is 30.6 Å². The summed E-state index contributed by atoms with van der Waals surface area (Å²) in [6.45, 7) is 7.92. The van der Waals surface area contributed by atoms with Crippen molar-refractivity contribution in [3.63, 3.8) is 0 Å². The van der Waals surface area contributed by atoms with Crippen molar-refractivity contribution in [1.82, 2.24) is 20.4 Å². The van der Waals surface area contributed by atoms with Crippen LogP contribution < -0.4 is 5.32 Å². The summed E-state index contributed by atoms with van der Waals surface area (Å²) in [5, 5.41) is 10.5. The van der Waals surface area contributed by atoms with Gasteiger partial charge in [-0.15, -0.1) is 0 Å². The zero-order valence-electron chi connectivity index (χ0n) is 13.4. The van der Waals surface area contributed by atoms with Crippen molar-refractivity contribution >= 4 is 5.96 Å². The molecule has 4 unspecified atom stereocenters. The number of hydrogen-bond acceptors (Lipinski definition) is 3. The molecule has 2 N–H and O–H groups in total. The second kappa shape index (κ2) is 5.57. The molecule has 3 aliphatic heterocycles. The minimum absolute atomic E-state index is 0.499. The van der Waals surface area contributed by atoms with Crippen molar-refractivity contribution in [1.29, 1.82) is 0 Å². The maximum Gasteiger partial charge on any atom is 0.194 e. The third-order valence-electron chi connectivity index (χ3n) is 5.42. The summed E-state index contributed by atoms with van der Waals surface area (Å²) < 4.78 is 6.06. The first-order valence-corrected chi connectivity index (χ1v) is 8.43. The SMILES string of the molecule is CCNC(=NCc1cn[nH]c1C)N1CC2C3CCC(O3)C2C1. The standard InChI is InChI=1S/C16H25N5O/c1-3-17-16(18-6-11-7-19-20-10(11)2)21-8-12-13(9-21)15-5-4-14(12)22-15/h7,12-15H,3-6,8-9H2,1-2H3,(H,17,18)(H,19,20). The van der Waals surface area contributed by atoms with E-state index in [2.05, 4.69) is 27.3 Å². The van der Waals surface area contributed by atoms with Gasteiger partial charge in [0.25, 0.3) is 0 Å². The fourth-order valence-electron chi connectivity index (χ4n) is 4.25. The normalized spacial score (nSPS) is 33.5. The molecule has 3 saturated heterocycles. The summed E-state index contributed by atoms with van der Waals surface area (Å²) in [6.07, 6.45) is 5.37. The van der Waals surface area contributed by atoms with Crippen LogP contribution in [0.25, 0.3) is 0 Å². The van der Waals surface area contributed by atoms with Gasteiger partial charge >= 0.3 is 0 Å². The molecule has 0 aromatic carbocycles. The number of nitrogens with one attached hydrogen (secondary N) is 2. The summed E-state index contributed by atoms with van der Waals surface area (Å²) in [7, 11) is 0. The molecule has 0 radical (unpaired) electrons. The molecule has 0 spiro atoms. The lowest BCUT2D eigenvalue weighted by Gasteiger charge is -2.23. The number of ether oxygens (including phenoxy) is 1. The molecular weight excluding hydrogens is 278 g/mol. The van der Waals surface area contributed by atoms with Crippen molar-refractivity contribution in [2.24, 2.45) is 16.8 Å². The Morgan fingerprint density at radius 1 is 1.41 bits per heavy atom. The zero-order chi connectivity index (χ0) is 15.1. The van der Waals surface area contributed by atoms with Gasteiger partial charge in [-0.2, -0.15) is 5.10 Å². The molecule has 1 aromatic rings. The number of aromatic nitrogens is 2. The second-order valence-corrected chi connectivity index (χ2v) is 6.71. The van der Waals surface area contributed by atoms with E-state index in [1.807, 2.05) is 13.1 Å². The minimum Gasteiger partial charge on any atom is -0.374 e. The maximum atomic E-state index is 6.06. The average molecular weight is 303 g/mol. The number of H-pyrrole nitrogens is 1. The van der Waals surface area contributed by atoms with Crippen LogP contribution >= 0.6 is 0 Å². The van der Waals surface area contributed by atoms with Crippen LogP contribution in [0.4, 0.5) is 0 Å². The van der Waals surface area contributed by atoms with Gasteiger partial charge in [-0.1, -0.05) is 0 Å². The van der Waals surface area contributed by atoms with E-state index < -0.39 is 0 Å². The Balaban J connectivity index is 1.47. The van der Waals surface area contributed by atoms with Gasteiger partial charge in [-0.05, 0) is 26.7 Å². The molecule has 4 heterocycles. The van der Waals surface area contributed by atoms with Crippen LogP contribution in [-0.4, -0.2) is 52.9 Å². The predicted octanol–water partition coefficient (Wildman–Crippen LogP) is 1.29. The molecular formula is C16H25N5O. The van der Waals surface area contributed by atoms with Crippen LogP contribution in [-0.2, 0) is 11.3 Å². The molecule has 2 bridgehead atoms. The minimum atomic E-state index is 0.499. The molecule has 0 saturated carbocycles. The first-order valence-electron chi connectivity index (χ1n) is 8.43. The molecule has 6 nitrogen and oxygen atoms in total. The maximum absolute atomic E-state index is 6.06. The van der Waals surface area contributed by atoms with Crippen LogP contribution in [0.2, 0.25) is 0 Å². The monoisotopic (exact) mass is 303 g/mol. The van der Waals surface area contributed by atoms with E-state index >= 15 is 0 Å². The molecule has 6 heteroatoms. The predicted molar refractivity (Wildman–Crippen MR) is 84.6 cm³/mol. The number of aryl methyl sites for hydroxylation is 1. The van der Waals surface area contributed by atoms with Crippen LogP contribution in [0.1, 0.15) is 31.0 Å². The Hall–Kier alpha value is -1.56. The summed E-state index contributed by atoms with van der Waals surface area (Å²) in [5.41, 5.74) is 2.27. The third-order valence-corrected chi connectivity index (χ3v) is 5.42. The number of likely N-dealkylation sites (tertiary alicyclic amines) is 1. The Morgan fingerprint density at radius 3 is 2.73 bits per heavy atom. The van der Waals surface area contributed by atoms with Crippen LogP contribution in [0.15, 0.2) is 11.2 Å². The summed E-state index contributed by atoms with van der Waals surface area (Å²) >= 11 is 0. The van der Waals surface area contributed by atoms with E-state index in [4.69, 9.17) is 9.73 Å². The molecule has 22 heavy (non-hydrogen) atoms. The fourth-order valence-corrected chi connectivity index (χ4v) is 4.25. The van der Waals surface area contributed by atoms with Gasteiger partial charge in [0.1, 0.15) is 0 Å². The first kappa shape index (κ1) is 14.1. The molecule has 3 fully saturated rings. The van der Waals surface area contributed by atoms with Gasteiger partial charge in [0, 0.05) is 42.7 Å². The number of hydrogen-bond donors (Lipinski definition) is 2. The van der Waals surface area contributed by atoms with Gasteiger partial charge < -0.3 is 15.0 Å². The van der Waals surface area contributed by atoms with E-state index in [0.717, 1.165) is 36.9 Å². The average Bonchev–Trinajstić information content (AvgIpc) is 3.25. The van der Waals surface area contributed by atoms with Crippen molar-refractivity contribution in [3.8, 4) is 0 Å². The molecule has 3 aliphatic rings. The lowest BCUT2D eigenvalue weighted by atomic mass is 9.82. The number of guanidine groups is 1. The van der Waals surface area contributed by atoms with Gasteiger partial charge in [-0.3, -0.25) is 5.10 Å².